The third-order valence-electron chi connectivity index (χ3n) is 4.37. The van der Waals surface area contributed by atoms with Crippen LogP contribution in [0.2, 0.25) is 5.02 Å². The molecule has 24 heavy (non-hydrogen) atoms. The predicted molar refractivity (Wildman–Crippen MR) is 93.2 cm³/mol. The second kappa shape index (κ2) is 6.07. The Bertz CT molecular complexity index is 816. The van der Waals surface area contributed by atoms with Crippen LogP contribution in [0.1, 0.15) is 5.56 Å². The number of rotatable bonds is 0. The average molecular weight is 346 g/mol. The Kier molecular flexibility index (Phi) is 3.90. The highest BCUT2D eigenvalue weighted by atomic mass is 35.5. The molecular weight excluding hydrogens is 329 g/mol. The minimum Gasteiger partial charge on any atom is -0.451 e. The molecule has 2 aliphatic heterocycles. The van der Waals surface area contributed by atoms with Crippen LogP contribution in [-0.2, 0) is 0 Å². The van der Waals surface area contributed by atoms with E-state index in [-0.39, 0.29) is 5.75 Å². The fourth-order valence-electron chi connectivity index (χ4n) is 2.99. The van der Waals surface area contributed by atoms with Crippen molar-refractivity contribution >= 4 is 23.1 Å². The molecule has 2 aromatic rings. The molecule has 0 aromatic heterocycles. The summed E-state index contributed by atoms with van der Waals surface area (Å²) in [4.78, 5) is 9.24. The molecule has 0 bridgehead atoms. The molecular formula is C18H17ClFN3O. The van der Waals surface area contributed by atoms with Gasteiger partial charge in [0.2, 0.25) is 0 Å². The first kappa shape index (κ1) is 15.4. The Labute approximate surface area is 145 Å². The minimum atomic E-state index is -0.401. The Morgan fingerprint density at radius 2 is 1.92 bits per heavy atom. The zero-order valence-corrected chi connectivity index (χ0v) is 14.1. The highest BCUT2D eigenvalue weighted by Crippen LogP contribution is 2.40. The number of aliphatic imine (C=N–C) groups is 1. The lowest BCUT2D eigenvalue weighted by Gasteiger charge is -2.34. The predicted octanol–water partition coefficient (Wildman–Crippen LogP) is 3.91. The van der Waals surface area contributed by atoms with Gasteiger partial charge in [-0.3, -0.25) is 0 Å². The van der Waals surface area contributed by atoms with E-state index in [2.05, 4.69) is 16.8 Å². The summed E-state index contributed by atoms with van der Waals surface area (Å²) in [6, 6.07) is 10.2. The van der Waals surface area contributed by atoms with Crippen molar-refractivity contribution in [3.05, 3.63) is 52.8 Å². The smallest absolute Gasteiger partial charge is 0.174 e. The summed E-state index contributed by atoms with van der Waals surface area (Å²) in [6.45, 7) is 3.57. The lowest BCUT2D eigenvalue weighted by molar-refractivity contribution is 0.215. The Balaban J connectivity index is 1.86. The van der Waals surface area contributed by atoms with Crippen molar-refractivity contribution in [3.8, 4) is 11.5 Å². The number of hydrogen-bond acceptors (Lipinski definition) is 4. The molecule has 6 heteroatoms. The van der Waals surface area contributed by atoms with Gasteiger partial charge >= 0.3 is 0 Å². The fraction of sp³-hybridized carbons (Fsp3) is 0.278. The number of halogens is 2. The Morgan fingerprint density at radius 1 is 1.12 bits per heavy atom. The molecule has 124 valence electrons. The summed E-state index contributed by atoms with van der Waals surface area (Å²) in [5, 5.41) is 0.532. The molecule has 0 aliphatic carbocycles. The largest absolute Gasteiger partial charge is 0.451 e. The molecule has 0 radical (unpaired) electrons. The Morgan fingerprint density at radius 3 is 2.71 bits per heavy atom. The van der Waals surface area contributed by atoms with E-state index in [1.165, 1.54) is 6.07 Å². The van der Waals surface area contributed by atoms with Crippen LogP contribution in [0.5, 0.6) is 11.5 Å². The van der Waals surface area contributed by atoms with E-state index in [0.29, 0.717) is 22.0 Å². The number of fused-ring (bicyclic) bond motifs is 2. The van der Waals surface area contributed by atoms with Crippen LogP contribution in [0, 0.1) is 5.82 Å². The van der Waals surface area contributed by atoms with Gasteiger partial charge in [0.15, 0.2) is 17.3 Å². The van der Waals surface area contributed by atoms with Gasteiger partial charge in [-0.25, -0.2) is 9.38 Å². The number of nitrogens with zero attached hydrogens (tertiary/aromatic N) is 3. The number of ether oxygens (including phenoxy) is 1. The van der Waals surface area contributed by atoms with Gasteiger partial charge < -0.3 is 14.5 Å². The maximum absolute atomic E-state index is 14.4. The molecule has 0 spiro atoms. The molecule has 0 unspecified atom stereocenters. The second-order valence-electron chi connectivity index (χ2n) is 6.06. The molecule has 2 aliphatic rings. The third-order valence-corrected chi connectivity index (χ3v) is 4.61. The van der Waals surface area contributed by atoms with Crippen LogP contribution < -0.4 is 4.74 Å². The van der Waals surface area contributed by atoms with Gasteiger partial charge in [-0.05, 0) is 31.3 Å². The van der Waals surface area contributed by atoms with E-state index in [4.69, 9.17) is 21.3 Å². The zero-order chi connectivity index (χ0) is 16.7. The molecule has 0 amide bonds. The van der Waals surface area contributed by atoms with Gasteiger partial charge in [-0.1, -0.05) is 17.7 Å². The van der Waals surface area contributed by atoms with Gasteiger partial charge in [0.1, 0.15) is 11.5 Å². The topological polar surface area (TPSA) is 28.1 Å². The number of benzene rings is 2. The molecule has 1 saturated heterocycles. The third kappa shape index (κ3) is 2.74. The van der Waals surface area contributed by atoms with Crippen molar-refractivity contribution in [3.63, 3.8) is 0 Å². The molecule has 4 nitrogen and oxygen atoms in total. The zero-order valence-electron chi connectivity index (χ0n) is 13.3. The summed E-state index contributed by atoms with van der Waals surface area (Å²) in [5.41, 5.74) is 1.33. The summed E-state index contributed by atoms with van der Waals surface area (Å²) in [7, 11) is 2.10. The van der Waals surface area contributed by atoms with Crippen molar-refractivity contribution in [1.29, 1.82) is 0 Å². The summed E-state index contributed by atoms with van der Waals surface area (Å²) >= 11 is 6.06. The van der Waals surface area contributed by atoms with Crippen LogP contribution in [0.3, 0.4) is 0 Å². The van der Waals surface area contributed by atoms with Gasteiger partial charge in [0, 0.05) is 37.3 Å². The van der Waals surface area contributed by atoms with Gasteiger partial charge in [-0.15, -0.1) is 0 Å². The van der Waals surface area contributed by atoms with Crippen molar-refractivity contribution < 1.29 is 9.13 Å². The molecule has 2 aromatic carbocycles. The van der Waals surface area contributed by atoms with Crippen molar-refractivity contribution in [2.24, 2.45) is 4.99 Å². The van der Waals surface area contributed by atoms with Crippen LogP contribution in [0.25, 0.3) is 0 Å². The summed E-state index contributed by atoms with van der Waals surface area (Å²) < 4.78 is 20.3. The van der Waals surface area contributed by atoms with E-state index in [1.54, 1.807) is 24.3 Å². The lowest BCUT2D eigenvalue weighted by atomic mass is 10.1. The van der Waals surface area contributed by atoms with Crippen molar-refractivity contribution in [1.82, 2.24) is 9.80 Å². The SMILES string of the molecule is CN1CCN(C2=Nc3ccc(Cl)cc3Oc3c(F)cccc32)CC1. The first-order valence-electron chi connectivity index (χ1n) is 7.90. The van der Waals surface area contributed by atoms with E-state index >= 15 is 0 Å². The van der Waals surface area contributed by atoms with E-state index in [1.807, 2.05) is 6.07 Å². The lowest BCUT2D eigenvalue weighted by Crippen LogP contribution is -2.47. The van der Waals surface area contributed by atoms with Crippen molar-refractivity contribution in [2.75, 3.05) is 33.2 Å². The second-order valence-corrected chi connectivity index (χ2v) is 6.49. The first-order chi connectivity index (χ1) is 11.6. The number of hydrogen-bond donors (Lipinski definition) is 0. The van der Waals surface area contributed by atoms with Gasteiger partial charge in [-0.2, -0.15) is 0 Å². The van der Waals surface area contributed by atoms with Crippen molar-refractivity contribution in [2.45, 2.75) is 0 Å². The normalized spacial score (nSPS) is 17.5. The molecule has 0 atom stereocenters. The number of amidine groups is 1. The molecule has 2 heterocycles. The highest BCUT2D eigenvalue weighted by Gasteiger charge is 2.26. The molecule has 4 rings (SSSR count). The van der Waals surface area contributed by atoms with Gasteiger partial charge in [0.25, 0.3) is 0 Å². The van der Waals surface area contributed by atoms with Crippen LogP contribution in [0.15, 0.2) is 41.4 Å². The first-order valence-corrected chi connectivity index (χ1v) is 8.28. The monoisotopic (exact) mass is 345 g/mol. The maximum Gasteiger partial charge on any atom is 0.174 e. The van der Waals surface area contributed by atoms with E-state index in [0.717, 1.165) is 32.0 Å². The van der Waals surface area contributed by atoms with E-state index < -0.39 is 5.82 Å². The molecule has 1 fully saturated rings. The highest BCUT2D eigenvalue weighted by molar-refractivity contribution is 6.30. The van der Waals surface area contributed by atoms with Crippen LogP contribution in [-0.4, -0.2) is 48.9 Å². The maximum atomic E-state index is 14.4. The average Bonchev–Trinajstić information content (AvgIpc) is 2.73. The number of likely N-dealkylation sites (N-methyl/N-ethyl adjacent to an activating group) is 1. The van der Waals surface area contributed by atoms with E-state index in [9.17, 15) is 4.39 Å². The molecule has 0 N–H and O–H groups in total. The summed E-state index contributed by atoms with van der Waals surface area (Å²) in [6.07, 6.45) is 0. The molecule has 0 saturated carbocycles. The van der Waals surface area contributed by atoms with Gasteiger partial charge in [0.05, 0.1) is 5.56 Å². The minimum absolute atomic E-state index is 0.205. The van der Waals surface area contributed by atoms with Crippen LogP contribution >= 0.6 is 11.6 Å². The van der Waals surface area contributed by atoms with Crippen LogP contribution in [0.4, 0.5) is 10.1 Å². The number of para-hydroxylation sites is 1. The fourth-order valence-corrected chi connectivity index (χ4v) is 3.16. The Hall–Kier alpha value is -2.11. The standard InChI is InChI=1S/C18H17ClFN3O/c1-22-7-9-23(10-8-22)18-13-3-2-4-14(20)17(13)24-16-11-12(19)5-6-15(16)21-18/h2-6,11H,7-10H2,1H3. The quantitative estimate of drug-likeness (QED) is 0.724. The summed E-state index contributed by atoms with van der Waals surface area (Å²) in [5.74, 6) is 1.02. The number of piperazine rings is 1.